The smallest absolute Gasteiger partial charge is 0.335 e. The summed E-state index contributed by atoms with van der Waals surface area (Å²) in [6.45, 7) is 5.44. The van der Waals surface area contributed by atoms with E-state index in [1.165, 1.54) is 28.6 Å². The van der Waals surface area contributed by atoms with Crippen LogP contribution in [-0.2, 0) is 10.0 Å². The summed E-state index contributed by atoms with van der Waals surface area (Å²) in [4.78, 5) is 11.1. The molecular weight excluding hydrogens is 314 g/mol. The van der Waals surface area contributed by atoms with Crippen molar-refractivity contribution in [3.63, 3.8) is 0 Å². The molecule has 0 saturated heterocycles. The van der Waals surface area contributed by atoms with Crippen LogP contribution in [0.15, 0.2) is 53.4 Å². The van der Waals surface area contributed by atoms with Crippen molar-refractivity contribution in [1.82, 2.24) is 0 Å². The number of aryl methyl sites for hydroxylation is 1. The first-order valence-electron chi connectivity index (χ1n) is 7.18. The summed E-state index contributed by atoms with van der Waals surface area (Å²) >= 11 is 0. The first kappa shape index (κ1) is 17.0. The molecule has 0 fully saturated rings. The zero-order chi connectivity index (χ0) is 17.2. The molecule has 0 spiro atoms. The van der Waals surface area contributed by atoms with Crippen LogP contribution in [0, 0.1) is 6.92 Å². The topological polar surface area (TPSA) is 74.7 Å². The quantitative estimate of drug-likeness (QED) is 0.911. The van der Waals surface area contributed by atoms with Gasteiger partial charge in [0.25, 0.3) is 10.0 Å². The number of carbonyl (C=O) groups is 1. The number of carboxylic acids is 1. The molecule has 0 amide bonds. The maximum Gasteiger partial charge on any atom is 0.335 e. The highest BCUT2D eigenvalue weighted by Gasteiger charge is 2.27. The van der Waals surface area contributed by atoms with Gasteiger partial charge in [0.1, 0.15) is 0 Å². The molecule has 23 heavy (non-hydrogen) atoms. The highest BCUT2D eigenvalue weighted by atomic mass is 32.2. The van der Waals surface area contributed by atoms with E-state index in [1.807, 2.05) is 6.92 Å². The van der Waals surface area contributed by atoms with Gasteiger partial charge in [0.2, 0.25) is 0 Å². The fraction of sp³-hybridized carbons (Fsp3) is 0.235. The molecule has 0 atom stereocenters. The summed E-state index contributed by atoms with van der Waals surface area (Å²) in [6.07, 6.45) is 0. The van der Waals surface area contributed by atoms with E-state index in [1.54, 1.807) is 38.1 Å². The third kappa shape index (κ3) is 3.53. The van der Waals surface area contributed by atoms with Crippen LogP contribution in [0.1, 0.15) is 29.8 Å². The Bertz CT molecular complexity index is 793. The zero-order valence-electron chi connectivity index (χ0n) is 13.2. The lowest BCUT2D eigenvalue weighted by Gasteiger charge is -2.28. The van der Waals surface area contributed by atoms with Crippen molar-refractivity contribution in [3.8, 4) is 0 Å². The molecule has 5 nitrogen and oxygen atoms in total. The number of aromatic carboxylic acids is 1. The number of benzene rings is 2. The monoisotopic (exact) mass is 333 g/mol. The van der Waals surface area contributed by atoms with E-state index in [2.05, 4.69) is 0 Å². The Morgan fingerprint density at radius 2 is 1.52 bits per heavy atom. The van der Waals surface area contributed by atoms with Gasteiger partial charge < -0.3 is 5.11 Å². The Hall–Kier alpha value is -2.34. The number of rotatable bonds is 5. The first-order valence-corrected chi connectivity index (χ1v) is 8.62. The van der Waals surface area contributed by atoms with E-state index < -0.39 is 16.0 Å². The van der Waals surface area contributed by atoms with Crippen molar-refractivity contribution in [2.75, 3.05) is 4.31 Å². The molecule has 2 rings (SSSR count). The van der Waals surface area contributed by atoms with Gasteiger partial charge in [-0.1, -0.05) is 17.7 Å². The van der Waals surface area contributed by atoms with Crippen LogP contribution >= 0.6 is 0 Å². The summed E-state index contributed by atoms with van der Waals surface area (Å²) in [5.74, 6) is -1.05. The van der Waals surface area contributed by atoms with Crippen LogP contribution in [0.4, 0.5) is 5.69 Å². The van der Waals surface area contributed by atoms with E-state index in [0.717, 1.165) is 5.56 Å². The normalized spacial score (nSPS) is 11.5. The summed E-state index contributed by atoms with van der Waals surface area (Å²) < 4.78 is 27.1. The van der Waals surface area contributed by atoms with E-state index in [4.69, 9.17) is 5.11 Å². The third-order valence-electron chi connectivity index (χ3n) is 3.42. The van der Waals surface area contributed by atoms with E-state index in [9.17, 15) is 13.2 Å². The van der Waals surface area contributed by atoms with Crippen LogP contribution in [0.3, 0.4) is 0 Å². The fourth-order valence-electron chi connectivity index (χ4n) is 2.29. The molecule has 2 aromatic rings. The number of carboxylic acid groups (broad SMARTS) is 1. The van der Waals surface area contributed by atoms with Gasteiger partial charge in [-0.2, -0.15) is 0 Å². The Morgan fingerprint density at radius 3 is 1.96 bits per heavy atom. The average molecular weight is 333 g/mol. The number of sulfonamides is 1. The molecule has 0 saturated carbocycles. The summed E-state index contributed by atoms with van der Waals surface area (Å²) in [6, 6.07) is 12.2. The second-order valence-electron chi connectivity index (χ2n) is 5.56. The zero-order valence-corrected chi connectivity index (χ0v) is 14.0. The summed E-state index contributed by atoms with van der Waals surface area (Å²) in [7, 11) is -3.72. The van der Waals surface area contributed by atoms with E-state index >= 15 is 0 Å². The number of hydrogen-bond acceptors (Lipinski definition) is 3. The largest absolute Gasteiger partial charge is 0.478 e. The molecule has 0 radical (unpaired) electrons. The molecule has 0 heterocycles. The van der Waals surface area contributed by atoms with Crippen LogP contribution in [0.5, 0.6) is 0 Å². The molecule has 0 aromatic heterocycles. The van der Waals surface area contributed by atoms with Gasteiger partial charge in [-0.15, -0.1) is 0 Å². The molecule has 0 aliphatic carbocycles. The molecule has 122 valence electrons. The lowest BCUT2D eigenvalue weighted by atomic mass is 10.2. The van der Waals surface area contributed by atoms with Crippen LogP contribution in [0.2, 0.25) is 0 Å². The molecule has 0 aliphatic heterocycles. The van der Waals surface area contributed by atoms with Gasteiger partial charge >= 0.3 is 5.97 Å². The third-order valence-corrected chi connectivity index (χ3v) is 5.43. The van der Waals surface area contributed by atoms with Gasteiger partial charge in [-0.3, -0.25) is 4.31 Å². The second-order valence-corrected chi connectivity index (χ2v) is 7.37. The second kappa shape index (κ2) is 6.42. The molecular formula is C17H19NO4S. The predicted molar refractivity (Wildman–Crippen MR) is 89.4 cm³/mol. The van der Waals surface area contributed by atoms with Crippen LogP contribution in [-0.4, -0.2) is 25.5 Å². The van der Waals surface area contributed by atoms with Gasteiger partial charge in [-0.25, -0.2) is 13.2 Å². The molecule has 2 aromatic carbocycles. The van der Waals surface area contributed by atoms with Gasteiger partial charge in [0.05, 0.1) is 16.1 Å². The van der Waals surface area contributed by atoms with Crippen molar-refractivity contribution in [3.05, 3.63) is 59.7 Å². The number of anilines is 1. The van der Waals surface area contributed by atoms with E-state index in [-0.39, 0.29) is 16.5 Å². The Morgan fingerprint density at radius 1 is 1.00 bits per heavy atom. The van der Waals surface area contributed by atoms with Crippen molar-refractivity contribution in [2.45, 2.75) is 31.7 Å². The average Bonchev–Trinajstić information content (AvgIpc) is 2.47. The predicted octanol–water partition coefficient (Wildman–Crippen LogP) is 3.30. The first-order chi connectivity index (χ1) is 10.7. The van der Waals surface area contributed by atoms with Crippen molar-refractivity contribution in [2.24, 2.45) is 0 Å². The molecule has 0 aliphatic rings. The maximum atomic E-state index is 12.9. The minimum absolute atomic E-state index is 0.116. The van der Waals surface area contributed by atoms with Crippen molar-refractivity contribution in [1.29, 1.82) is 0 Å². The van der Waals surface area contributed by atoms with Gasteiger partial charge in [-0.05, 0) is 57.2 Å². The van der Waals surface area contributed by atoms with Crippen molar-refractivity contribution >= 4 is 21.7 Å². The van der Waals surface area contributed by atoms with Gasteiger partial charge in [0, 0.05) is 6.04 Å². The molecule has 0 bridgehead atoms. The standard InChI is InChI=1S/C17H19NO4S/c1-12(2)18(15-8-6-14(7-9-15)17(19)20)23(21,22)16-10-4-13(3)5-11-16/h4-12H,1-3H3,(H,19,20). The molecule has 0 unspecified atom stereocenters. The number of nitrogens with zero attached hydrogens (tertiary/aromatic N) is 1. The van der Waals surface area contributed by atoms with Crippen LogP contribution < -0.4 is 4.31 Å². The lowest BCUT2D eigenvalue weighted by Crippen LogP contribution is -2.37. The summed E-state index contributed by atoms with van der Waals surface area (Å²) in [5.41, 5.74) is 1.53. The number of hydrogen-bond donors (Lipinski definition) is 1. The van der Waals surface area contributed by atoms with Crippen LogP contribution in [0.25, 0.3) is 0 Å². The maximum absolute atomic E-state index is 12.9. The molecule has 6 heteroatoms. The Kier molecular flexibility index (Phi) is 4.75. The minimum Gasteiger partial charge on any atom is -0.478 e. The van der Waals surface area contributed by atoms with E-state index in [0.29, 0.717) is 5.69 Å². The minimum atomic E-state index is -3.72. The Balaban J connectivity index is 2.49. The van der Waals surface area contributed by atoms with Crippen molar-refractivity contribution < 1.29 is 18.3 Å². The Labute approximate surface area is 136 Å². The fourth-order valence-corrected chi connectivity index (χ4v) is 3.95. The molecule has 1 N–H and O–H groups in total. The SMILES string of the molecule is Cc1ccc(S(=O)(=O)N(c2ccc(C(=O)O)cc2)C(C)C)cc1. The lowest BCUT2D eigenvalue weighted by molar-refractivity contribution is 0.0697. The van der Waals surface area contributed by atoms with Gasteiger partial charge in [0.15, 0.2) is 0 Å². The highest BCUT2D eigenvalue weighted by molar-refractivity contribution is 7.92. The summed E-state index contributed by atoms with van der Waals surface area (Å²) in [5, 5.41) is 8.96. The highest BCUT2D eigenvalue weighted by Crippen LogP contribution is 2.26.